The molecular formula is C22H37N3O4S2. The van der Waals surface area contributed by atoms with Crippen LogP contribution >= 0.6 is 0 Å². The van der Waals surface area contributed by atoms with E-state index in [1.54, 1.807) is 32.0 Å². The van der Waals surface area contributed by atoms with Crippen LogP contribution in [0.4, 0.5) is 5.69 Å². The summed E-state index contributed by atoms with van der Waals surface area (Å²) in [5, 5.41) is 2.97. The fourth-order valence-electron chi connectivity index (χ4n) is 4.40. The van der Waals surface area contributed by atoms with Crippen molar-refractivity contribution in [1.29, 1.82) is 0 Å². The minimum atomic E-state index is -3.51. The summed E-state index contributed by atoms with van der Waals surface area (Å²) < 4.78 is 55.3. The van der Waals surface area contributed by atoms with Gasteiger partial charge in [-0.05, 0) is 76.5 Å². The number of benzene rings is 1. The van der Waals surface area contributed by atoms with E-state index < -0.39 is 25.3 Å². The molecule has 0 heterocycles. The van der Waals surface area contributed by atoms with Crippen molar-refractivity contribution in [3.05, 3.63) is 24.3 Å². The largest absolute Gasteiger partial charge is 0.385 e. The monoisotopic (exact) mass is 471 g/mol. The van der Waals surface area contributed by atoms with Gasteiger partial charge >= 0.3 is 0 Å². The van der Waals surface area contributed by atoms with Crippen molar-refractivity contribution < 1.29 is 16.8 Å². The van der Waals surface area contributed by atoms with Crippen LogP contribution in [0.3, 0.4) is 0 Å². The molecular weight excluding hydrogens is 434 g/mol. The average Bonchev–Trinajstić information content (AvgIpc) is 2.73. The van der Waals surface area contributed by atoms with Crippen LogP contribution < -0.4 is 14.8 Å². The molecule has 176 valence electrons. The minimum absolute atomic E-state index is 0.0167. The minimum Gasteiger partial charge on any atom is -0.385 e. The number of hydrogen-bond donors (Lipinski definition) is 3. The molecule has 7 nitrogen and oxygen atoms in total. The van der Waals surface area contributed by atoms with E-state index in [0.29, 0.717) is 10.8 Å². The van der Waals surface area contributed by atoms with Gasteiger partial charge in [-0.15, -0.1) is 0 Å². The van der Waals surface area contributed by atoms with E-state index in [4.69, 9.17) is 0 Å². The number of nitrogens with one attached hydrogen (secondary N) is 3. The van der Waals surface area contributed by atoms with Gasteiger partial charge in [0, 0.05) is 24.3 Å². The Morgan fingerprint density at radius 2 is 1.52 bits per heavy atom. The maximum Gasteiger partial charge on any atom is 0.240 e. The van der Waals surface area contributed by atoms with Gasteiger partial charge in [0.05, 0.1) is 10.1 Å². The van der Waals surface area contributed by atoms with Gasteiger partial charge in [0.15, 0.2) is 0 Å². The molecule has 2 aliphatic carbocycles. The second kappa shape index (κ2) is 10.6. The Bertz CT molecular complexity index is 918. The topological polar surface area (TPSA) is 104 Å². The highest BCUT2D eigenvalue weighted by molar-refractivity contribution is 7.90. The fraction of sp³-hybridized carbons (Fsp3) is 0.727. The van der Waals surface area contributed by atoms with Crippen LogP contribution in [0.25, 0.3) is 0 Å². The van der Waals surface area contributed by atoms with Gasteiger partial charge in [-0.25, -0.2) is 26.3 Å². The predicted molar refractivity (Wildman–Crippen MR) is 125 cm³/mol. The average molecular weight is 472 g/mol. The highest BCUT2D eigenvalue weighted by atomic mass is 32.2. The predicted octanol–water partition coefficient (Wildman–Crippen LogP) is 3.60. The molecule has 0 amide bonds. The standard InChI is InChI=1S/C22H37N3O4S2/c1-17(2)30(26,27)24-20-13-11-18(12-14-20)16-23-21-9-6-10-22(15-21)31(28,29)25-19-7-4-3-5-8-19/h6,9-10,15,17-20,23-25H,3-5,7-8,11-14,16H2,1-2H3. The summed E-state index contributed by atoms with van der Waals surface area (Å²) in [6.07, 6.45) is 8.71. The lowest BCUT2D eigenvalue weighted by atomic mass is 9.86. The zero-order chi connectivity index (χ0) is 22.5. The van der Waals surface area contributed by atoms with Crippen LogP contribution in [-0.2, 0) is 20.0 Å². The first-order valence-electron chi connectivity index (χ1n) is 11.5. The third kappa shape index (κ3) is 7.17. The molecule has 0 saturated heterocycles. The maximum absolute atomic E-state index is 12.8. The maximum atomic E-state index is 12.8. The molecule has 0 spiro atoms. The zero-order valence-electron chi connectivity index (χ0n) is 18.6. The molecule has 0 unspecified atom stereocenters. The van der Waals surface area contributed by atoms with Gasteiger partial charge in [-0.3, -0.25) is 0 Å². The second-order valence-corrected chi connectivity index (χ2v) is 13.3. The van der Waals surface area contributed by atoms with E-state index in [0.717, 1.165) is 63.6 Å². The summed E-state index contributed by atoms with van der Waals surface area (Å²) in [4.78, 5) is 0.301. The van der Waals surface area contributed by atoms with Crippen LogP contribution in [0.2, 0.25) is 0 Å². The van der Waals surface area contributed by atoms with E-state index >= 15 is 0 Å². The summed E-state index contributed by atoms with van der Waals surface area (Å²) in [5.41, 5.74) is 0.800. The summed E-state index contributed by atoms with van der Waals surface area (Å²) >= 11 is 0. The Labute approximate surface area is 187 Å². The fourth-order valence-corrected chi connectivity index (χ4v) is 6.72. The molecule has 0 atom stereocenters. The molecule has 31 heavy (non-hydrogen) atoms. The molecule has 2 fully saturated rings. The summed E-state index contributed by atoms with van der Waals surface area (Å²) in [5.74, 6) is 0.445. The lowest BCUT2D eigenvalue weighted by Crippen LogP contribution is -2.41. The van der Waals surface area contributed by atoms with Crippen molar-refractivity contribution in [2.75, 3.05) is 11.9 Å². The van der Waals surface area contributed by atoms with E-state index in [2.05, 4.69) is 14.8 Å². The third-order valence-corrected chi connectivity index (χ3v) is 9.89. The number of anilines is 1. The van der Waals surface area contributed by atoms with E-state index in [1.807, 2.05) is 6.07 Å². The summed E-state index contributed by atoms with van der Waals surface area (Å²) in [6.45, 7) is 4.14. The van der Waals surface area contributed by atoms with E-state index in [-0.39, 0.29) is 12.1 Å². The third-order valence-electron chi connectivity index (χ3n) is 6.46. The summed E-state index contributed by atoms with van der Waals surface area (Å²) in [6, 6.07) is 7.06. The Hall–Kier alpha value is -1.16. The highest BCUT2D eigenvalue weighted by Crippen LogP contribution is 2.26. The normalized spacial score (nSPS) is 23.7. The highest BCUT2D eigenvalue weighted by Gasteiger charge is 2.26. The smallest absolute Gasteiger partial charge is 0.240 e. The van der Waals surface area contributed by atoms with Crippen LogP contribution in [0, 0.1) is 5.92 Å². The Balaban J connectivity index is 1.49. The van der Waals surface area contributed by atoms with Gasteiger partial charge in [0.1, 0.15) is 0 Å². The molecule has 9 heteroatoms. The molecule has 0 aliphatic heterocycles. The van der Waals surface area contributed by atoms with Gasteiger partial charge in [-0.2, -0.15) is 0 Å². The Morgan fingerprint density at radius 3 is 2.16 bits per heavy atom. The first kappa shape index (κ1) is 24.5. The molecule has 2 aliphatic rings. The molecule has 0 aromatic heterocycles. The van der Waals surface area contributed by atoms with Crippen molar-refractivity contribution in [3.8, 4) is 0 Å². The van der Waals surface area contributed by atoms with Crippen molar-refractivity contribution >= 4 is 25.7 Å². The van der Waals surface area contributed by atoms with Gasteiger partial charge in [0.2, 0.25) is 20.0 Å². The van der Waals surface area contributed by atoms with E-state index in [1.165, 1.54) is 6.42 Å². The van der Waals surface area contributed by atoms with Gasteiger partial charge in [-0.1, -0.05) is 25.3 Å². The number of rotatable bonds is 9. The molecule has 3 N–H and O–H groups in total. The second-order valence-electron chi connectivity index (χ2n) is 9.29. The molecule has 3 rings (SSSR count). The van der Waals surface area contributed by atoms with Gasteiger partial charge < -0.3 is 5.32 Å². The molecule has 1 aromatic rings. The zero-order valence-corrected chi connectivity index (χ0v) is 20.3. The van der Waals surface area contributed by atoms with Gasteiger partial charge in [0.25, 0.3) is 0 Å². The molecule has 0 bridgehead atoms. The molecule has 1 aromatic carbocycles. The van der Waals surface area contributed by atoms with Crippen LogP contribution in [-0.4, -0.2) is 40.7 Å². The number of hydrogen-bond acceptors (Lipinski definition) is 5. The molecule has 2 saturated carbocycles. The van der Waals surface area contributed by atoms with Crippen LogP contribution in [0.1, 0.15) is 71.6 Å². The molecule has 0 radical (unpaired) electrons. The van der Waals surface area contributed by atoms with Crippen molar-refractivity contribution in [2.45, 2.75) is 93.9 Å². The lowest BCUT2D eigenvalue weighted by Gasteiger charge is -2.29. The quantitative estimate of drug-likeness (QED) is 0.510. The van der Waals surface area contributed by atoms with Crippen LogP contribution in [0.15, 0.2) is 29.2 Å². The van der Waals surface area contributed by atoms with Crippen molar-refractivity contribution in [1.82, 2.24) is 9.44 Å². The SMILES string of the molecule is CC(C)S(=O)(=O)NC1CCC(CNc2cccc(S(=O)(=O)NC3CCCCC3)c2)CC1. The van der Waals surface area contributed by atoms with E-state index in [9.17, 15) is 16.8 Å². The Kier molecular flexibility index (Phi) is 8.40. The van der Waals surface area contributed by atoms with Crippen molar-refractivity contribution in [2.24, 2.45) is 5.92 Å². The first-order valence-corrected chi connectivity index (χ1v) is 14.6. The number of sulfonamides is 2. The Morgan fingerprint density at radius 1 is 0.871 bits per heavy atom. The lowest BCUT2D eigenvalue weighted by molar-refractivity contribution is 0.323. The van der Waals surface area contributed by atoms with Crippen molar-refractivity contribution in [3.63, 3.8) is 0 Å². The summed E-state index contributed by atoms with van der Waals surface area (Å²) in [7, 11) is -6.74. The first-order chi connectivity index (χ1) is 14.7. The van der Waals surface area contributed by atoms with Crippen LogP contribution in [0.5, 0.6) is 0 Å².